The lowest BCUT2D eigenvalue weighted by Crippen LogP contribution is -2.48. The number of likely N-dealkylation sites (tertiary alicyclic amines) is 1. The topological polar surface area (TPSA) is 46.3 Å². The minimum Gasteiger partial charge on any atom is -0.338 e. The number of carbonyl (C=O) groups excluding carboxylic acids is 1. The summed E-state index contributed by atoms with van der Waals surface area (Å²) < 4.78 is 0.982. The van der Waals surface area contributed by atoms with E-state index in [-0.39, 0.29) is 24.4 Å². The highest BCUT2D eigenvalue weighted by Gasteiger charge is 2.27. The van der Waals surface area contributed by atoms with Crippen molar-refractivity contribution >= 4 is 34.2 Å². The van der Waals surface area contributed by atoms with Gasteiger partial charge in [0.05, 0.1) is 0 Å². The monoisotopic (exact) mass is 346 g/mol. The maximum absolute atomic E-state index is 12.5. The molecule has 1 fully saturated rings. The highest BCUT2D eigenvalue weighted by atomic mass is 79.9. The molecule has 0 radical (unpaired) electrons. The van der Waals surface area contributed by atoms with Crippen molar-refractivity contribution in [3.8, 4) is 0 Å². The van der Waals surface area contributed by atoms with E-state index in [9.17, 15) is 4.79 Å². The Morgan fingerprint density at radius 3 is 2.79 bits per heavy atom. The van der Waals surface area contributed by atoms with Crippen molar-refractivity contribution in [3.63, 3.8) is 0 Å². The van der Waals surface area contributed by atoms with E-state index in [4.69, 9.17) is 5.73 Å². The number of hydrogen-bond donors (Lipinski definition) is 1. The summed E-state index contributed by atoms with van der Waals surface area (Å²) in [4.78, 5) is 14.4. The normalized spacial score (nSPS) is 22.8. The summed E-state index contributed by atoms with van der Waals surface area (Å²) in [5.41, 5.74) is 7.78. The Labute approximate surface area is 129 Å². The van der Waals surface area contributed by atoms with Crippen molar-refractivity contribution in [2.45, 2.75) is 26.3 Å². The summed E-state index contributed by atoms with van der Waals surface area (Å²) in [6.07, 6.45) is 0.889. The number of piperidine rings is 1. The quantitative estimate of drug-likeness (QED) is 0.849. The average molecular weight is 348 g/mol. The summed E-state index contributed by atoms with van der Waals surface area (Å²) in [5.74, 6) is 0.489. The maximum Gasteiger partial charge on any atom is 0.254 e. The summed E-state index contributed by atoms with van der Waals surface area (Å²) in [5, 5.41) is 0. The first-order chi connectivity index (χ1) is 8.50. The average Bonchev–Trinajstić information content (AvgIpc) is 2.35. The molecule has 3 nitrogen and oxygen atoms in total. The van der Waals surface area contributed by atoms with E-state index in [1.165, 1.54) is 0 Å². The van der Waals surface area contributed by atoms with Crippen molar-refractivity contribution in [2.24, 2.45) is 11.7 Å². The van der Waals surface area contributed by atoms with Crippen LogP contribution in [0.3, 0.4) is 0 Å². The van der Waals surface area contributed by atoms with Crippen molar-refractivity contribution in [3.05, 3.63) is 33.8 Å². The van der Waals surface area contributed by atoms with Gasteiger partial charge in [0.2, 0.25) is 0 Å². The van der Waals surface area contributed by atoms with Crippen LogP contribution >= 0.6 is 28.3 Å². The second kappa shape index (κ2) is 6.73. The number of nitrogens with two attached hydrogens (primary N) is 1. The molecule has 0 saturated carbocycles. The largest absolute Gasteiger partial charge is 0.338 e. The van der Waals surface area contributed by atoms with Gasteiger partial charge in [-0.25, -0.2) is 0 Å². The van der Waals surface area contributed by atoms with E-state index in [1.54, 1.807) is 0 Å². The maximum atomic E-state index is 12.5. The highest BCUT2D eigenvalue weighted by Crippen LogP contribution is 2.23. The fraction of sp³-hybridized carbons (Fsp3) is 0.500. The Kier molecular flexibility index (Phi) is 5.83. The first-order valence-electron chi connectivity index (χ1n) is 6.30. The second-order valence-corrected chi connectivity index (χ2v) is 5.95. The molecule has 0 spiro atoms. The van der Waals surface area contributed by atoms with Crippen LogP contribution in [0.5, 0.6) is 0 Å². The molecular formula is C14H20BrClN2O. The molecule has 1 aliphatic rings. The summed E-state index contributed by atoms with van der Waals surface area (Å²) in [7, 11) is 0. The van der Waals surface area contributed by atoms with Gasteiger partial charge < -0.3 is 10.6 Å². The van der Waals surface area contributed by atoms with Crippen LogP contribution in [0, 0.1) is 12.8 Å². The second-order valence-electron chi connectivity index (χ2n) is 5.09. The zero-order valence-corrected chi connectivity index (χ0v) is 13.6. The Hall–Kier alpha value is -0.580. The number of nitrogens with zero attached hydrogens (tertiary/aromatic N) is 1. The van der Waals surface area contributed by atoms with Crippen molar-refractivity contribution in [1.82, 2.24) is 4.90 Å². The first-order valence-corrected chi connectivity index (χ1v) is 7.10. The number of rotatable bonds is 1. The molecule has 2 atom stereocenters. The zero-order valence-electron chi connectivity index (χ0n) is 11.2. The van der Waals surface area contributed by atoms with E-state index in [2.05, 4.69) is 22.9 Å². The van der Waals surface area contributed by atoms with Gasteiger partial charge in [-0.05, 0) is 37.0 Å². The molecule has 0 aliphatic carbocycles. The lowest BCUT2D eigenvalue weighted by molar-refractivity contribution is 0.0663. The summed E-state index contributed by atoms with van der Waals surface area (Å²) >= 11 is 3.47. The van der Waals surface area contributed by atoms with Gasteiger partial charge in [0.1, 0.15) is 0 Å². The van der Waals surface area contributed by atoms with Crippen LogP contribution in [-0.4, -0.2) is 29.9 Å². The first kappa shape index (κ1) is 16.5. The number of halogens is 2. The van der Waals surface area contributed by atoms with Crippen LogP contribution in [0.1, 0.15) is 29.3 Å². The molecule has 2 unspecified atom stereocenters. The molecular weight excluding hydrogens is 328 g/mol. The van der Waals surface area contributed by atoms with Crippen LogP contribution in [0.15, 0.2) is 22.7 Å². The predicted molar refractivity (Wildman–Crippen MR) is 83.8 cm³/mol. The molecule has 106 valence electrons. The molecule has 0 bridgehead atoms. The van der Waals surface area contributed by atoms with E-state index in [1.807, 2.05) is 30.0 Å². The molecule has 1 heterocycles. The lowest BCUT2D eigenvalue weighted by Gasteiger charge is -2.35. The molecule has 1 aromatic carbocycles. The minimum absolute atomic E-state index is 0. The third-order valence-electron chi connectivity index (χ3n) is 3.76. The van der Waals surface area contributed by atoms with Gasteiger partial charge in [-0.2, -0.15) is 0 Å². The molecule has 1 aromatic rings. The Morgan fingerprint density at radius 1 is 1.47 bits per heavy atom. The van der Waals surface area contributed by atoms with Gasteiger partial charge in [0.15, 0.2) is 0 Å². The van der Waals surface area contributed by atoms with E-state index in [0.29, 0.717) is 5.92 Å². The smallest absolute Gasteiger partial charge is 0.254 e. The highest BCUT2D eigenvalue weighted by molar-refractivity contribution is 9.10. The standard InChI is InChI=1S/C14H19BrN2O.ClH/c1-9-8-17(7-6-13(9)16)14(18)11-4-3-5-12(15)10(11)2;/h3-5,9,13H,6-8,16H2,1-2H3;1H. The minimum atomic E-state index is 0. The summed E-state index contributed by atoms with van der Waals surface area (Å²) in [6, 6.07) is 5.98. The zero-order chi connectivity index (χ0) is 13.3. The third kappa shape index (κ3) is 3.50. The van der Waals surface area contributed by atoms with E-state index in [0.717, 1.165) is 35.1 Å². The van der Waals surface area contributed by atoms with Crippen molar-refractivity contribution < 1.29 is 4.79 Å². The van der Waals surface area contributed by atoms with Crippen LogP contribution < -0.4 is 5.73 Å². The molecule has 19 heavy (non-hydrogen) atoms. The van der Waals surface area contributed by atoms with Crippen LogP contribution in [-0.2, 0) is 0 Å². The van der Waals surface area contributed by atoms with Crippen LogP contribution in [0.2, 0.25) is 0 Å². The lowest BCUT2D eigenvalue weighted by atomic mass is 9.94. The van der Waals surface area contributed by atoms with Gasteiger partial charge in [0.25, 0.3) is 5.91 Å². The third-order valence-corrected chi connectivity index (χ3v) is 4.62. The molecule has 1 saturated heterocycles. The number of benzene rings is 1. The van der Waals surface area contributed by atoms with Crippen LogP contribution in [0.4, 0.5) is 0 Å². The summed E-state index contributed by atoms with van der Waals surface area (Å²) in [6.45, 7) is 5.59. The SMILES string of the molecule is Cc1c(Br)cccc1C(=O)N1CCC(N)C(C)C1.Cl. The fourth-order valence-electron chi connectivity index (χ4n) is 2.36. The van der Waals surface area contributed by atoms with Gasteiger partial charge in [-0.1, -0.05) is 28.9 Å². The van der Waals surface area contributed by atoms with Gasteiger partial charge in [-0.3, -0.25) is 4.79 Å². The Morgan fingerprint density at radius 2 is 2.16 bits per heavy atom. The van der Waals surface area contributed by atoms with E-state index < -0.39 is 0 Å². The number of amides is 1. The molecule has 1 amide bonds. The molecule has 2 rings (SSSR count). The number of carbonyl (C=O) groups is 1. The molecule has 0 aromatic heterocycles. The van der Waals surface area contributed by atoms with Crippen molar-refractivity contribution in [2.75, 3.05) is 13.1 Å². The number of hydrogen-bond acceptors (Lipinski definition) is 2. The van der Waals surface area contributed by atoms with Crippen LogP contribution in [0.25, 0.3) is 0 Å². The van der Waals surface area contributed by atoms with Gasteiger partial charge >= 0.3 is 0 Å². The fourth-order valence-corrected chi connectivity index (χ4v) is 2.72. The Bertz CT molecular complexity index is 467. The Balaban J connectivity index is 0.00000180. The van der Waals surface area contributed by atoms with E-state index >= 15 is 0 Å². The van der Waals surface area contributed by atoms with Crippen molar-refractivity contribution in [1.29, 1.82) is 0 Å². The predicted octanol–water partition coefficient (Wildman–Crippen LogP) is 2.99. The molecule has 5 heteroatoms. The molecule has 2 N–H and O–H groups in total. The molecule has 1 aliphatic heterocycles. The van der Waals surface area contributed by atoms with Gasteiger partial charge in [0, 0.05) is 29.2 Å². The van der Waals surface area contributed by atoms with Gasteiger partial charge in [-0.15, -0.1) is 12.4 Å².